The fourth-order valence-electron chi connectivity index (χ4n) is 3.90. The summed E-state index contributed by atoms with van der Waals surface area (Å²) in [7, 11) is 1.67. The molecule has 3 rings (SSSR count). The van der Waals surface area contributed by atoms with Crippen molar-refractivity contribution in [3.05, 3.63) is 17.5 Å². The molecule has 6 heteroatoms. The van der Waals surface area contributed by atoms with Crippen molar-refractivity contribution < 1.29 is 9.53 Å². The van der Waals surface area contributed by atoms with Gasteiger partial charge in [0.2, 0.25) is 11.9 Å². The van der Waals surface area contributed by atoms with Crippen molar-refractivity contribution in [2.75, 3.05) is 31.7 Å². The van der Waals surface area contributed by atoms with Crippen LogP contribution in [0.1, 0.15) is 44.0 Å². The average molecular weight is 346 g/mol. The van der Waals surface area contributed by atoms with Crippen molar-refractivity contribution in [1.82, 2.24) is 15.3 Å². The number of nitrogens with zero attached hydrogens (tertiary/aromatic N) is 3. The molecule has 0 bridgehead atoms. The summed E-state index contributed by atoms with van der Waals surface area (Å²) in [6.45, 7) is 8.40. The van der Waals surface area contributed by atoms with Gasteiger partial charge in [0.25, 0.3) is 0 Å². The third-order valence-corrected chi connectivity index (χ3v) is 5.43. The monoisotopic (exact) mass is 346 g/mol. The molecule has 2 unspecified atom stereocenters. The van der Waals surface area contributed by atoms with Crippen LogP contribution in [0.15, 0.2) is 6.07 Å². The zero-order valence-electron chi connectivity index (χ0n) is 15.8. The lowest BCUT2D eigenvalue weighted by molar-refractivity contribution is -0.129. The number of nitrogens with one attached hydrogen (secondary N) is 1. The summed E-state index contributed by atoms with van der Waals surface area (Å²) < 4.78 is 5.25. The van der Waals surface area contributed by atoms with E-state index in [0.717, 1.165) is 56.1 Å². The first-order valence-electron chi connectivity index (χ1n) is 9.34. The predicted molar refractivity (Wildman–Crippen MR) is 97.6 cm³/mol. The van der Waals surface area contributed by atoms with Crippen LogP contribution in [0.25, 0.3) is 0 Å². The maximum Gasteiger partial charge on any atom is 0.228 e. The Balaban J connectivity index is 1.71. The number of aromatic nitrogens is 2. The Morgan fingerprint density at radius 1 is 1.32 bits per heavy atom. The van der Waals surface area contributed by atoms with Crippen LogP contribution < -0.4 is 10.2 Å². The van der Waals surface area contributed by atoms with Gasteiger partial charge < -0.3 is 15.0 Å². The summed E-state index contributed by atoms with van der Waals surface area (Å²) in [5.41, 5.74) is 1.69. The Bertz CT molecular complexity index is 610. The molecule has 6 nitrogen and oxygen atoms in total. The minimum absolute atomic E-state index is 0.156. The maximum absolute atomic E-state index is 12.7. The molecule has 2 heterocycles. The predicted octanol–water partition coefficient (Wildman–Crippen LogP) is 2.24. The number of hydrogen-bond donors (Lipinski definition) is 1. The van der Waals surface area contributed by atoms with Gasteiger partial charge in [-0.3, -0.25) is 4.79 Å². The van der Waals surface area contributed by atoms with Crippen LogP contribution in [-0.4, -0.2) is 48.7 Å². The highest BCUT2D eigenvalue weighted by Crippen LogP contribution is 2.46. The molecule has 1 aliphatic heterocycles. The Morgan fingerprint density at radius 3 is 2.56 bits per heavy atom. The number of anilines is 1. The molecule has 1 aliphatic carbocycles. The SMILES string of the molecule is CCCC1CN(c2nc(C)cc(C)n2)CC1NC(=O)C1(COC)CC1. The summed E-state index contributed by atoms with van der Waals surface area (Å²) in [5, 5.41) is 3.31. The Morgan fingerprint density at radius 2 is 2.00 bits per heavy atom. The molecule has 1 aromatic heterocycles. The topological polar surface area (TPSA) is 67.4 Å². The van der Waals surface area contributed by atoms with Gasteiger partial charge in [0, 0.05) is 31.6 Å². The fraction of sp³-hybridized carbons (Fsp3) is 0.737. The van der Waals surface area contributed by atoms with Crippen LogP contribution >= 0.6 is 0 Å². The number of aryl methyl sites for hydroxylation is 2. The Kier molecular flexibility index (Phi) is 5.27. The zero-order chi connectivity index (χ0) is 18.0. The Hall–Kier alpha value is -1.69. The van der Waals surface area contributed by atoms with Crippen LogP contribution in [0.4, 0.5) is 5.95 Å². The summed E-state index contributed by atoms with van der Waals surface area (Å²) in [4.78, 5) is 24.2. The number of carbonyl (C=O) groups is 1. The highest BCUT2D eigenvalue weighted by molar-refractivity contribution is 5.85. The van der Waals surface area contributed by atoms with Gasteiger partial charge in [0.1, 0.15) is 0 Å². The van der Waals surface area contributed by atoms with Crippen LogP contribution in [0.2, 0.25) is 0 Å². The lowest BCUT2D eigenvalue weighted by Crippen LogP contribution is -2.45. The highest BCUT2D eigenvalue weighted by Gasteiger charge is 2.51. The van der Waals surface area contributed by atoms with Crippen molar-refractivity contribution in [2.45, 2.75) is 52.5 Å². The average Bonchev–Trinajstić information content (AvgIpc) is 3.23. The molecular weight excluding hydrogens is 316 g/mol. The normalized spacial score (nSPS) is 24.4. The number of ether oxygens (including phenoxy) is 1. The molecule has 2 atom stereocenters. The van der Waals surface area contributed by atoms with Gasteiger partial charge in [-0.25, -0.2) is 9.97 Å². The van der Waals surface area contributed by atoms with Crippen LogP contribution in [-0.2, 0) is 9.53 Å². The molecule has 25 heavy (non-hydrogen) atoms. The van der Waals surface area contributed by atoms with Gasteiger partial charge in [0.15, 0.2) is 0 Å². The molecule has 1 N–H and O–H groups in total. The fourth-order valence-corrected chi connectivity index (χ4v) is 3.90. The summed E-state index contributed by atoms with van der Waals surface area (Å²) >= 11 is 0. The summed E-state index contributed by atoms with van der Waals surface area (Å²) in [6, 6.07) is 2.15. The second-order valence-corrected chi connectivity index (χ2v) is 7.70. The summed E-state index contributed by atoms with van der Waals surface area (Å²) in [6.07, 6.45) is 4.08. The molecule has 0 aromatic carbocycles. The lowest BCUT2D eigenvalue weighted by Gasteiger charge is -2.22. The van der Waals surface area contributed by atoms with Crippen molar-refractivity contribution in [1.29, 1.82) is 0 Å². The number of methoxy groups -OCH3 is 1. The Labute approximate surface area is 150 Å². The van der Waals surface area contributed by atoms with E-state index in [2.05, 4.69) is 27.1 Å². The third kappa shape index (κ3) is 3.94. The number of amides is 1. The minimum Gasteiger partial charge on any atom is -0.384 e. The van der Waals surface area contributed by atoms with E-state index in [-0.39, 0.29) is 17.4 Å². The quantitative estimate of drug-likeness (QED) is 0.820. The van der Waals surface area contributed by atoms with Crippen LogP contribution in [0, 0.1) is 25.2 Å². The first-order valence-corrected chi connectivity index (χ1v) is 9.34. The van der Waals surface area contributed by atoms with E-state index in [4.69, 9.17) is 4.74 Å². The van der Waals surface area contributed by atoms with E-state index >= 15 is 0 Å². The van der Waals surface area contributed by atoms with Gasteiger partial charge in [-0.2, -0.15) is 0 Å². The molecule has 138 valence electrons. The molecular formula is C19H30N4O2. The molecule has 2 aliphatic rings. The van der Waals surface area contributed by atoms with Crippen molar-refractivity contribution in [3.8, 4) is 0 Å². The van der Waals surface area contributed by atoms with E-state index < -0.39 is 0 Å². The largest absolute Gasteiger partial charge is 0.384 e. The van der Waals surface area contributed by atoms with Gasteiger partial charge in [0.05, 0.1) is 18.1 Å². The van der Waals surface area contributed by atoms with Crippen molar-refractivity contribution >= 4 is 11.9 Å². The smallest absolute Gasteiger partial charge is 0.228 e. The number of rotatable bonds is 7. The number of hydrogen-bond acceptors (Lipinski definition) is 5. The summed E-state index contributed by atoms with van der Waals surface area (Å²) in [5.74, 6) is 1.38. The van der Waals surface area contributed by atoms with Crippen molar-refractivity contribution in [2.24, 2.45) is 11.3 Å². The highest BCUT2D eigenvalue weighted by atomic mass is 16.5. The van der Waals surface area contributed by atoms with Gasteiger partial charge in [-0.05, 0) is 45.1 Å². The van der Waals surface area contributed by atoms with E-state index in [1.807, 2.05) is 19.9 Å². The lowest BCUT2D eigenvalue weighted by atomic mass is 9.97. The molecule has 0 radical (unpaired) electrons. The maximum atomic E-state index is 12.7. The van der Waals surface area contributed by atoms with Gasteiger partial charge in [-0.15, -0.1) is 0 Å². The molecule has 1 aromatic rings. The molecule has 2 fully saturated rings. The molecule has 1 saturated heterocycles. The molecule has 0 spiro atoms. The van der Waals surface area contributed by atoms with E-state index in [0.29, 0.717) is 12.5 Å². The van der Waals surface area contributed by atoms with Crippen LogP contribution in [0.5, 0.6) is 0 Å². The van der Waals surface area contributed by atoms with Gasteiger partial charge >= 0.3 is 0 Å². The third-order valence-electron chi connectivity index (χ3n) is 5.43. The first kappa shape index (κ1) is 18.1. The van der Waals surface area contributed by atoms with Gasteiger partial charge in [-0.1, -0.05) is 13.3 Å². The minimum atomic E-state index is -0.282. The van der Waals surface area contributed by atoms with E-state index in [1.165, 1.54) is 0 Å². The zero-order valence-corrected chi connectivity index (χ0v) is 15.8. The second kappa shape index (κ2) is 7.28. The molecule has 1 saturated carbocycles. The van der Waals surface area contributed by atoms with E-state index in [9.17, 15) is 4.79 Å². The second-order valence-electron chi connectivity index (χ2n) is 7.70. The standard InChI is InChI=1S/C19H30N4O2/c1-5-6-15-10-23(18-20-13(2)9-14(3)21-18)11-16(15)22-17(24)19(7-8-19)12-25-4/h9,15-16H,5-8,10-12H2,1-4H3,(H,22,24). The number of carbonyl (C=O) groups excluding carboxylic acids is 1. The van der Waals surface area contributed by atoms with Crippen LogP contribution in [0.3, 0.4) is 0 Å². The van der Waals surface area contributed by atoms with E-state index in [1.54, 1.807) is 7.11 Å². The van der Waals surface area contributed by atoms with Crippen molar-refractivity contribution in [3.63, 3.8) is 0 Å². The first-order chi connectivity index (χ1) is 12.0. The molecule has 1 amide bonds.